The minimum atomic E-state index is -1.22. The minimum Gasteiger partial charge on any atom is -0.477 e. The van der Waals surface area contributed by atoms with Gasteiger partial charge in [0, 0.05) is 9.85 Å². The van der Waals surface area contributed by atoms with E-state index < -0.39 is 11.5 Å². The Morgan fingerprint density at radius 3 is 2.69 bits per heavy atom. The SMILES string of the molecule is O=C(O)c1ccc(-c2cc(Br)cs2)[nH]c1=O. The number of aromatic carboxylic acids is 1. The lowest BCUT2D eigenvalue weighted by Crippen LogP contribution is -2.17. The molecule has 0 saturated carbocycles. The number of carboxylic acid groups (broad SMARTS) is 1. The van der Waals surface area contributed by atoms with Crippen molar-refractivity contribution in [2.24, 2.45) is 0 Å². The molecule has 0 saturated heterocycles. The number of rotatable bonds is 2. The third kappa shape index (κ3) is 2.07. The van der Waals surface area contributed by atoms with E-state index in [2.05, 4.69) is 20.9 Å². The maximum atomic E-state index is 11.4. The van der Waals surface area contributed by atoms with Gasteiger partial charge >= 0.3 is 5.97 Å². The number of aromatic nitrogens is 1. The van der Waals surface area contributed by atoms with Crippen LogP contribution in [0.2, 0.25) is 0 Å². The Labute approximate surface area is 103 Å². The molecule has 0 spiro atoms. The van der Waals surface area contributed by atoms with E-state index in [1.54, 1.807) is 6.07 Å². The van der Waals surface area contributed by atoms with Crippen LogP contribution in [0.5, 0.6) is 0 Å². The lowest BCUT2D eigenvalue weighted by Gasteiger charge is -1.98. The molecule has 82 valence electrons. The van der Waals surface area contributed by atoms with Gasteiger partial charge in [-0.25, -0.2) is 4.79 Å². The molecule has 0 amide bonds. The van der Waals surface area contributed by atoms with Gasteiger partial charge in [-0.2, -0.15) is 0 Å². The number of nitrogens with one attached hydrogen (secondary N) is 1. The molecule has 0 radical (unpaired) electrons. The van der Waals surface area contributed by atoms with Gasteiger partial charge in [0.1, 0.15) is 5.56 Å². The van der Waals surface area contributed by atoms with E-state index in [1.165, 1.54) is 17.4 Å². The molecule has 0 aliphatic rings. The van der Waals surface area contributed by atoms with Crippen LogP contribution < -0.4 is 5.56 Å². The maximum absolute atomic E-state index is 11.4. The van der Waals surface area contributed by atoms with Gasteiger partial charge < -0.3 is 10.1 Å². The molecule has 0 aliphatic heterocycles. The molecular weight excluding hydrogens is 294 g/mol. The maximum Gasteiger partial charge on any atom is 0.341 e. The monoisotopic (exact) mass is 299 g/mol. The molecule has 0 aromatic carbocycles. The Hall–Kier alpha value is -1.40. The van der Waals surface area contributed by atoms with Crippen LogP contribution in [0, 0.1) is 0 Å². The summed E-state index contributed by atoms with van der Waals surface area (Å²) in [5.41, 5.74) is -0.223. The molecule has 16 heavy (non-hydrogen) atoms. The molecule has 2 heterocycles. The Kier molecular flexibility index (Phi) is 2.93. The zero-order valence-electron chi connectivity index (χ0n) is 7.86. The van der Waals surface area contributed by atoms with Gasteiger partial charge in [0.25, 0.3) is 5.56 Å². The summed E-state index contributed by atoms with van der Waals surface area (Å²) >= 11 is 4.77. The van der Waals surface area contributed by atoms with Crippen molar-refractivity contribution in [3.8, 4) is 10.6 Å². The number of carboxylic acids is 1. The highest BCUT2D eigenvalue weighted by atomic mass is 79.9. The van der Waals surface area contributed by atoms with Crippen LogP contribution in [-0.4, -0.2) is 16.1 Å². The quantitative estimate of drug-likeness (QED) is 0.895. The highest BCUT2D eigenvalue weighted by Gasteiger charge is 2.10. The first kappa shape index (κ1) is 11.1. The molecule has 0 atom stereocenters. The average molecular weight is 300 g/mol. The summed E-state index contributed by atoms with van der Waals surface area (Å²) in [6.45, 7) is 0. The zero-order chi connectivity index (χ0) is 11.7. The predicted molar refractivity (Wildman–Crippen MR) is 65.0 cm³/mol. The van der Waals surface area contributed by atoms with Crippen LogP contribution in [0.3, 0.4) is 0 Å². The van der Waals surface area contributed by atoms with Crippen LogP contribution in [0.15, 0.2) is 32.8 Å². The van der Waals surface area contributed by atoms with Gasteiger partial charge in [-0.3, -0.25) is 4.79 Å². The number of halogens is 1. The largest absolute Gasteiger partial charge is 0.477 e. The van der Waals surface area contributed by atoms with Crippen LogP contribution in [-0.2, 0) is 0 Å². The summed E-state index contributed by atoms with van der Waals surface area (Å²) in [6, 6.07) is 4.75. The molecule has 0 aliphatic carbocycles. The molecule has 0 bridgehead atoms. The molecule has 2 aromatic heterocycles. The van der Waals surface area contributed by atoms with E-state index >= 15 is 0 Å². The minimum absolute atomic E-state index is 0.251. The topological polar surface area (TPSA) is 70.2 Å². The number of hydrogen-bond acceptors (Lipinski definition) is 3. The Balaban J connectivity index is 2.50. The number of H-pyrrole nitrogens is 1. The lowest BCUT2D eigenvalue weighted by molar-refractivity contribution is 0.0695. The van der Waals surface area contributed by atoms with E-state index in [-0.39, 0.29) is 5.56 Å². The van der Waals surface area contributed by atoms with Gasteiger partial charge in [-0.1, -0.05) is 0 Å². The standard InChI is InChI=1S/C10H6BrNO3S/c11-5-3-8(16-4-5)7-2-1-6(10(14)15)9(13)12-7/h1-4H,(H,12,13)(H,14,15). The first-order chi connectivity index (χ1) is 7.58. The lowest BCUT2D eigenvalue weighted by atomic mass is 10.2. The van der Waals surface area contributed by atoms with Crippen LogP contribution in [0.1, 0.15) is 10.4 Å². The van der Waals surface area contributed by atoms with Gasteiger partial charge in [-0.15, -0.1) is 11.3 Å². The predicted octanol–water partition coefficient (Wildman–Crippen LogP) is 2.56. The summed E-state index contributed by atoms with van der Waals surface area (Å²) in [7, 11) is 0. The van der Waals surface area contributed by atoms with E-state index in [0.29, 0.717) is 5.69 Å². The third-order valence-electron chi connectivity index (χ3n) is 1.97. The Bertz CT molecular complexity index is 602. The van der Waals surface area contributed by atoms with Crippen LogP contribution in [0.25, 0.3) is 10.6 Å². The summed E-state index contributed by atoms with van der Waals surface area (Å²) in [4.78, 5) is 25.5. The van der Waals surface area contributed by atoms with E-state index in [0.717, 1.165) is 9.35 Å². The Morgan fingerprint density at radius 2 is 2.19 bits per heavy atom. The molecular formula is C10H6BrNO3S. The van der Waals surface area contributed by atoms with Crippen molar-refractivity contribution >= 4 is 33.2 Å². The van der Waals surface area contributed by atoms with Gasteiger partial charge in [0.2, 0.25) is 0 Å². The molecule has 0 unspecified atom stereocenters. The fourth-order valence-corrected chi connectivity index (χ4v) is 2.65. The van der Waals surface area contributed by atoms with Crippen molar-refractivity contribution < 1.29 is 9.90 Å². The second-order valence-corrected chi connectivity index (χ2v) is 4.88. The zero-order valence-corrected chi connectivity index (χ0v) is 10.3. The summed E-state index contributed by atoms with van der Waals surface area (Å²) in [5, 5.41) is 10.6. The molecule has 2 rings (SSSR count). The molecule has 2 N–H and O–H groups in total. The van der Waals surface area contributed by atoms with Gasteiger partial charge in [0.05, 0.1) is 10.6 Å². The summed E-state index contributed by atoms with van der Waals surface area (Å²) in [5.74, 6) is -1.22. The average Bonchev–Trinajstić information content (AvgIpc) is 2.64. The highest BCUT2D eigenvalue weighted by Crippen LogP contribution is 2.27. The fraction of sp³-hybridized carbons (Fsp3) is 0. The van der Waals surface area contributed by atoms with Crippen molar-refractivity contribution in [2.45, 2.75) is 0 Å². The third-order valence-corrected chi connectivity index (χ3v) is 3.70. The van der Waals surface area contributed by atoms with Gasteiger partial charge in [-0.05, 0) is 34.1 Å². The normalized spacial score (nSPS) is 10.3. The van der Waals surface area contributed by atoms with Crippen molar-refractivity contribution in [3.63, 3.8) is 0 Å². The number of pyridine rings is 1. The molecule has 2 aromatic rings. The number of thiophene rings is 1. The smallest absolute Gasteiger partial charge is 0.341 e. The van der Waals surface area contributed by atoms with Gasteiger partial charge in [0.15, 0.2) is 0 Å². The van der Waals surface area contributed by atoms with Crippen LogP contribution >= 0.6 is 27.3 Å². The molecule has 6 heteroatoms. The van der Waals surface area contributed by atoms with E-state index in [9.17, 15) is 9.59 Å². The number of aromatic amines is 1. The first-order valence-corrected chi connectivity index (χ1v) is 5.96. The second kappa shape index (κ2) is 4.23. The van der Waals surface area contributed by atoms with Crippen LogP contribution in [0.4, 0.5) is 0 Å². The molecule has 0 fully saturated rings. The molecule has 4 nitrogen and oxygen atoms in total. The fourth-order valence-electron chi connectivity index (χ4n) is 1.24. The van der Waals surface area contributed by atoms with Crippen molar-refractivity contribution in [1.82, 2.24) is 4.98 Å². The van der Waals surface area contributed by atoms with Crippen molar-refractivity contribution in [2.75, 3.05) is 0 Å². The summed E-state index contributed by atoms with van der Waals surface area (Å²) in [6.07, 6.45) is 0. The highest BCUT2D eigenvalue weighted by molar-refractivity contribution is 9.10. The Morgan fingerprint density at radius 1 is 1.44 bits per heavy atom. The van der Waals surface area contributed by atoms with E-state index in [4.69, 9.17) is 5.11 Å². The summed E-state index contributed by atoms with van der Waals surface area (Å²) < 4.78 is 0.927. The second-order valence-electron chi connectivity index (χ2n) is 3.05. The van der Waals surface area contributed by atoms with Crippen molar-refractivity contribution in [3.05, 3.63) is 44.0 Å². The van der Waals surface area contributed by atoms with E-state index in [1.807, 2.05) is 11.4 Å². The number of hydrogen-bond donors (Lipinski definition) is 2. The first-order valence-electron chi connectivity index (χ1n) is 4.29. The number of carbonyl (C=O) groups is 1. The van der Waals surface area contributed by atoms with Crippen molar-refractivity contribution in [1.29, 1.82) is 0 Å².